The summed E-state index contributed by atoms with van der Waals surface area (Å²) >= 11 is 12.2. The Morgan fingerprint density at radius 1 is 0.889 bits per heavy atom. The molecule has 178 valence electrons. The van der Waals surface area contributed by atoms with Gasteiger partial charge in [0.15, 0.2) is 0 Å². The predicted molar refractivity (Wildman–Crippen MR) is 145 cm³/mol. The number of halogens is 2. The fourth-order valence-electron chi connectivity index (χ4n) is 3.98. The zero-order valence-corrected chi connectivity index (χ0v) is 20.7. The maximum Gasteiger partial charge on any atom is 0.263 e. The fourth-order valence-corrected chi connectivity index (χ4v) is 4.28. The van der Waals surface area contributed by atoms with E-state index in [1.54, 1.807) is 53.4 Å². The average molecular weight is 515 g/mol. The van der Waals surface area contributed by atoms with Gasteiger partial charge in [-0.25, -0.2) is 0 Å². The molecule has 0 saturated carbocycles. The van der Waals surface area contributed by atoms with Gasteiger partial charge in [-0.2, -0.15) is 0 Å². The number of furan rings is 1. The summed E-state index contributed by atoms with van der Waals surface area (Å²) in [5.74, 6) is 0.803. The minimum atomic E-state index is -0.186. The van der Waals surface area contributed by atoms with Crippen LogP contribution in [0.15, 0.2) is 101 Å². The molecule has 1 aromatic heterocycles. The standard InChI is InChI=1S/C29H20Cl2N2O3/c1-18(34)32-22-8-10-23(11-9-22)33-27(19-5-3-2-4-6-19)17-21(29(33)35)15-24-12-14-28(36-24)20-7-13-25(30)26(31)16-20/h2-17H,1H3,(H,32,34)/b21-15+. The summed E-state index contributed by atoms with van der Waals surface area (Å²) in [6.45, 7) is 1.45. The van der Waals surface area contributed by atoms with E-state index >= 15 is 0 Å². The molecular formula is C29H20Cl2N2O3. The molecule has 1 N–H and O–H groups in total. The number of carbonyl (C=O) groups excluding carboxylic acids is 2. The Kier molecular flexibility index (Phi) is 6.51. The maximum atomic E-state index is 13.6. The molecular weight excluding hydrogens is 495 g/mol. The van der Waals surface area contributed by atoms with Crippen LogP contribution in [-0.2, 0) is 9.59 Å². The zero-order valence-electron chi connectivity index (χ0n) is 19.2. The number of hydrogen-bond acceptors (Lipinski definition) is 3. The lowest BCUT2D eigenvalue weighted by molar-refractivity contribution is -0.114. The van der Waals surface area contributed by atoms with E-state index in [-0.39, 0.29) is 11.8 Å². The van der Waals surface area contributed by atoms with Crippen molar-refractivity contribution in [2.24, 2.45) is 0 Å². The Balaban J connectivity index is 1.50. The summed E-state index contributed by atoms with van der Waals surface area (Å²) in [4.78, 5) is 26.6. The van der Waals surface area contributed by atoms with Gasteiger partial charge in [0.1, 0.15) is 11.5 Å². The number of rotatable bonds is 5. The van der Waals surface area contributed by atoms with Crippen LogP contribution in [0, 0.1) is 0 Å². The van der Waals surface area contributed by atoms with Crippen molar-refractivity contribution >= 4 is 58.2 Å². The summed E-state index contributed by atoms with van der Waals surface area (Å²) < 4.78 is 5.99. The first-order valence-electron chi connectivity index (χ1n) is 11.2. The van der Waals surface area contributed by atoms with Gasteiger partial charge in [-0.05, 0) is 72.3 Å². The summed E-state index contributed by atoms with van der Waals surface area (Å²) in [6.07, 6.45) is 3.57. The van der Waals surface area contributed by atoms with Crippen molar-refractivity contribution in [3.05, 3.63) is 118 Å². The van der Waals surface area contributed by atoms with Crippen molar-refractivity contribution in [3.63, 3.8) is 0 Å². The van der Waals surface area contributed by atoms with Crippen LogP contribution in [0.4, 0.5) is 11.4 Å². The summed E-state index contributed by atoms with van der Waals surface area (Å²) in [6, 6.07) is 25.7. The van der Waals surface area contributed by atoms with Crippen LogP contribution in [0.25, 0.3) is 23.1 Å². The van der Waals surface area contributed by atoms with E-state index in [0.29, 0.717) is 38.5 Å². The first kappa shape index (κ1) is 23.7. The van der Waals surface area contributed by atoms with Crippen LogP contribution in [-0.4, -0.2) is 11.8 Å². The SMILES string of the molecule is CC(=O)Nc1ccc(N2C(=O)/C(=C/c3ccc(-c4ccc(Cl)c(Cl)c4)o3)C=C2c2ccccc2)cc1. The van der Waals surface area contributed by atoms with Crippen molar-refractivity contribution in [1.29, 1.82) is 0 Å². The van der Waals surface area contributed by atoms with E-state index in [1.807, 2.05) is 48.5 Å². The number of carbonyl (C=O) groups is 2. The summed E-state index contributed by atoms with van der Waals surface area (Å²) in [5, 5.41) is 3.65. The van der Waals surface area contributed by atoms with Crippen LogP contribution < -0.4 is 10.2 Å². The molecule has 0 spiro atoms. The van der Waals surface area contributed by atoms with E-state index in [1.165, 1.54) is 6.92 Å². The van der Waals surface area contributed by atoms with E-state index in [0.717, 1.165) is 16.8 Å². The predicted octanol–water partition coefficient (Wildman–Crippen LogP) is 7.68. The fraction of sp³-hybridized carbons (Fsp3) is 0.0345. The highest BCUT2D eigenvalue weighted by Crippen LogP contribution is 2.36. The smallest absolute Gasteiger partial charge is 0.263 e. The molecule has 0 fully saturated rings. The van der Waals surface area contributed by atoms with Gasteiger partial charge in [0.05, 0.1) is 15.7 Å². The first-order chi connectivity index (χ1) is 17.4. The van der Waals surface area contributed by atoms with E-state index in [9.17, 15) is 9.59 Å². The molecule has 0 atom stereocenters. The Morgan fingerprint density at radius 2 is 1.64 bits per heavy atom. The van der Waals surface area contributed by atoms with Gasteiger partial charge in [0.25, 0.3) is 5.91 Å². The van der Waals surface area contributed by atoms with Gasteiger partial charge in [-0.3, -0.25) is 14.5 Å². The molecule has 1 aliphatic rings. The first-order valence-corrected chi connectivity index (χ1v) is 11.9. The van der Waals surface area contributed by atoms with Crippen molar-refractivity contribution in [3.8, 4) is 11.3 Å². The third-order valence-electron chi connectivity index (χ3n) is 5.63. The third kappa shape index (κ3) is 4.85. The van der Waals surface area contributed by atoms with Gasteiger partial charge >= 0.3 is 0 Å². The van der Waals surface area contributed by atoms with Crippen molar-refractivity contribution in [2.45, 2.75) is 6.92 Å². The largest absolute Gasteiger partial charge is 0.457 e. The molecule has 5 rings (SSSR count). The second-order valence-corrected chi connectivity index (χ2v) is 9.01. The van der Waals surface area contributed by atoms with E-state index in [2.05, 4.69) is 5.32 Å². The number of anilines is 2. The molecule has 1 aliphatic heterocycles. The van der Waals surface area contributed by atoms with Crippen molar-refractivity contribution < 1.29 is 14.0 Å². The van der Waals surface area contributed by atoms with Gasteiger partial charge in [0.2, 0.25) is 5.91 Å². The van der Waals surface area contributed by atoms with E-state index in [4.69, 9.17) is 27.6 Å². The van der Waals surface area contributed by atoms with Crippen LogP contribution in [0.2, 0.25) is 10.0 Å². The number of benzene rings is 3. The van der Waals surface area contributed by atoms with Crippen LogP contribution in [0.3, 0.4) is 0 Å². The van der Waals surface area contributed by atoms with Crippen molar-refractivity contribution in [2.75, 3.05) is 10.2 Å². The molecule has 0 saturated heterocycles. The Hall–Kier alpha value is -4.06. The molecule has 5 nitrogen and oxygen atoms in total. The molecule has 2 heterocycles. The molecule has 36 heavy (non-hydrogen) atoms. The van der Waals surface area contributed by atoms with Gasteiger partial charge in [0, 0.05) is 29.4 Å². The normalized spacial score (nSPS) is 14.3. The van der Waals surface area contributed by atoms with Crippen LogP contribution >= 0.6 is 23.2 Å². The maximum absolute atomic E-state index is 13.6. The highest BCUT2D eigenvalue weighted by Gasteiger charge is 2.30. The lowest BCUT2D eigenvalue weighted by atomic mass is 10.1. The van der Waals surface area contributed by atoms with Crippen molar-refractivity contribution in [1.82, 2.24) is 0 Å². The molecule has 0 radical (unpaired) electrons. The molecule has 0 bridgehead atoms. The monoisotopic (exact) mass is 514 g/mol. The second-order valence-electron chi connectivity index (χ2n) is 8.19. The molecule has 0 aliphatic carbocycles. The molecule has 0 unspecified atom stereocenters. The number of hydrogen-bond donors (Lipinski definition) is 1. The summed E-state index contributed by atoms with van der Waals surface area (Å²) in [5.41, 5.74) is 4.25. The third-order valence-corrected chi connectivity index (χ3v) is 6.37. The van der Waals surface area contributed by atoms with E-state index < -0.39 is 0 Å². The Labute approximate surface area is 218 Å². The minimum absolute atomic E-state index is 0.159. The quantitative estimate of drug-likeness (QED) is 0.277. The Morgan fingerprint density at radius 3 is 2.33 bits per heavy atom. The molecule has 3 aromatic carbocycles. The van der Waals surface area contributed by atoms with Gasteiger partial charge < -0.3 is 9.73 Å². The zero-order chi connectivity index (χ0) is 25.2. The molecule has 7 heteroatoms. The van der Waals surface area contributed by atoms with Gasteiger partial charge in [-0.1, -0.05) is 53.5 Å². The number of nitrogens with zero attached hydrogens (tertiary/aromatic N) is 1. The van der Waals surface area contributed by atoms with Gasteiger partial charge in [-0.15, -0.1) is 0 Å². The lowest BCUT2D eigenvalue weighted by Crippen LogP contribution is -2.24. The summed E-state index contributed by atoms with van der Waals surface area (Å²) in [7, 11) is 0. The molecule has 4 aromatic rings. The average Bonchev–Trinajstić information content (AvgIpc) is 3.47. The Bertz CT molecular complexity index is 1520. The lowest BCUT2D eigenvalue weighted by Gasteiger charge is -2.21. The number of amides is 2. The highest BCUT2D eigenvalue weighted by molar-refractivity contribution is 6.42. The van der Waals surface area contributed by atoms with Crippen LogP contribution in [0.5, 0.6) is 0 Å². The minimum Gasteiger partial charge on any atom is -0.457 e. The topological polar surface area (TPSA) is 62.6 Å². The number of nitrogens with one attached hydrogen (secondary N) is 1. The van der Waals surface area contributed by atoms with Crippen LogP contribution in [0.1, 0.15) is 18.2 Å². The second kappa shape index (κ2) is 9.90. The highest BCUT2D eigenvalue weighted by atomic mass is 35.5. The molecule has 2 amide bonds.